The number of aryl methyl sites for hydroxylation is 1. The quantitative estimate of drug-likeness (QED) is 0.633. The van der Waals surface area contributed by atoms with Gasteiger partial charge in [-0.1, -0.05) is 31.2 Å². The lowest BCUT2D eigenvalue weighted by Crippen LogP contribution is -2.23. The first-order valence-electron chi connectivity index (χ1n) is 7.95. The fourth-order valence-corrected chi connectivity index (χ4v) is 2.92. The first-order valence-corrected chi connectivity index (χ1v) is 7.95. The molecule has 0 saturated carbocycles. The lowest BCUT2D eigenvalue weighted by molar-refractivity contribution is -0.385. The standard InChI is InChI=1S/C18H19N3O3.ClH/c1-2-13-5-6-14(8-17(13)21(23)24)18(22)20-9-12-3-4-15-10-19-11-16(15)7-12;/h3-8,19H,2,9-11H2,1H3,(H,20,22);1H. The highest BCUT2D eigenvalue weighted by molar-refractivity contribution is 5.95. The molecular formula is C18H20ClN3O3. The van der Waals surface area contributed by atoms with Crippen molar-refractivity contribution in [3.63, 3.8) is 0 Å². The van der Waals surface area contributed by atoms with Gasteiger partial charge in [0.25, 0.3) is 11.6 Å². The summed E-state index contributed by atoms with van der Waals surface area (Å²) in [4.78, 5) is 22.9. The molecule has 2 N–H and O–H groups in total. The molecular weight excluding hydrogens is 342 g/mol. The van der Waals surface area contributed by atoms with E-state index in [1.54, 1.807) is 12.1 Å². The topological polar surface area (TPSA) is 84.3 Å². The summed E-state index contributed by atoms with van der Waals surface area (Å²) in [6.45, 7) is 3.98. The van der Waals surface area contributed by atoms with Crippen LogP contribution in [0.1, 0.15) is 39.5 Å². The maximum atomic E-state index is 12.3. The van der Waals surface area contributed by atoms with Crippen LogP contribution in [0.5, 0.6) is 0 Å². The molecule has 0 atom stereocenters. The molecule has 1 aliphatic rings. The van der Waals surface area contributed by atoms with Gasteiger partial charge in [0.05, 0.1) is 4.92 Å². The second-order valence-corrected chi connectivity index (χ2v) is 5.84. The summed E-state index contributed by atoms with van der Waals surface area (Å²) in [5, 5.41) is 17.2. The molecule has 0 saturated heterocycles. The van der Waals surface area contributed by atoms with Crippen LogP contribution in [-0.2, 0) is 26.1 Å². The van der Waals surface area contributed by atoms with Crippen LogP contribution < -0.4 is 10.6 Å². The van der Waals surface area contributed by atoms with Gasteiger partial charge in [0, 0.05) is 36.8 Å². The van der Waals surface area contributed by atoms with Crippen LogP contribution >= 0.6 is 12.4 Å². The summed E-state index contributed by atoms with van der Waals surface area (Å²) in [5.74, 6) is -0.306. The van der Waals surface area contributed by atoms with Crippen LogP contribution in [0, 0.1) is 10.1 Å². The van der Waals surface area contributed by atoms with Gasteiger partial charge in [-0.15, -0.1) is 12.4 Å². The van der Waals surface area contributed by atoms with Gasteiger partial charge in [-0.25, -0.2) is 0 Å². The largest absolute Gasteiger partial charge is 0.348 e. The van der Waals surface area contributed by atoms with E-state index in [0.717, 1.165) is 18.7 Å². The molecule has 0 aromatic heterocycles. The Kier molecular flexibility index (Phi) is 6.12. The maximum absolute atomic E-state index is 12.3. The third-order valence-electron chi connectivity index (χ3n) is 4.28. The molecule has 0 radical (unpaired) electrons. The molecule has 2 aromatic carbocycles. The summed E-state index contributed by atoms with van der Waals surface area (Å²) in [6, 6.07) is 10.8. The summed E-state index contributed by atoms with van der Waals surface area (Å²) < 4.78 is 0. The zero-order valence-corrected chi connectivity index (χ0v) is 14.7. The van der Waals surface area contributed by atoms with Crippen molar-refractivity contribution in [2.24, 2.45) is 0 Å². The summed E-state index contributed by atoms with van der Waals surface area (Å²) in [5.41, 5.74) is 4.49. The Labute approximate surface area is 152 Å². The fraction of sp³-hybridized carbons (Fsp3) is 0.278. The van der Waals surface area contributed by atoms with Crippen LogP contribution in [0.4, 0.5) is 5.69 Å². The van der Waals surface area contributed by atoms with Crippen LogP contribution in [0.25, 0.3) is 0 Å². The molecule has 2 aromatic rings. The summed E-state index contributed by atoms with van der Waals surface area (Å²) in [6.07, 6.45) is 0.557. The van der Waals surface area contributed by atoms with E-state index in [2.05, 4.69) is 22.8 Å². The van der Waals surface area contributed by atoms with Crippen molar-refractivity contribution in [1.29, 1.82) is 0 Å². The number of amides is 1. The Morgan fingerprint density at radius 1 is 1.20 bits per heavy atom. The Morgan fingerprint density at radius 3 is 2.68 bits per heavy atom. The van der Waals surface area contributed by atoms with E-state index in [1.807, 2.05) is 13.0 Å². The van der Waals surface area contributed by atoms with Gasteiger partial charge in [-0.2, -0.15) is 0 Å². The number of rotatable bonds is 5. The SMILES string of the molecule is CCc1ccc(C(=O)NCc2ccc3c(c2)CNC3)cc1[N+](=O)[O-].Cl. The number of hydrogen-bond acceptors (Lipinski definition) is 4. The van der Waals surface area contributed by atoms with E-state index >= 15 is 0 Å². The van der Waals surface area contributed by atoms with Gasteiger partial charge < -0.3 is 10.6 Å². The average Bonchev–Trinajstić information content (AvgIpc) is 3.06. The van der Waals surface area contributed by atoms with Crippen molar-refractivity contribution in [1.82, 2.24) is 10.6 Å². The maximum Gasteiger partial charge on any atom is 0.273 e. The predicted octanol–water partition coefficient (Wildman–Crippen LogP) is 3.11. The van der Waals surface area contributed by atoms with Gasteiger partial charge in [-0.3, -0.25) is 14.9 Å². The highest BCUT2D eigenvalue weighted by Gasteiger charge is 2.16. The number of nitrogens with one attached hydrogen (secondary N) is 2. The van der Waals surface area contributed by atoms with Crippen LogP contribution in [0.3, 0.4) is 0 Å². The number of fused-ring (bicyclic) bond motifs is 1. The Bertz CT molecular complexity index is 808. The minimum absolute atomic E-state index is 0. The molecule has 132 valence electrons. The fourth-order valence-electron chi connectivity index (χ4n) is 2.92. The predicted molar refractivity (Wildman–Crippen MR) is 97.9 cm³/mol. The summed E-state index contributed by atoms with van der Waals surface area (Å²) in [7, 11) is 0. The van der Waals surface area contributed by atoms with E-state index in [-0.39, 0.29) is 24.0 Å². The van der Waals surface area contributed by atoms with E-state index in [9.17, 15) is 14.9 Å². The molecule has 1 heterocycles. The molecule has 6 nitrogen and oxygen atoms in total. The minimum atomic E-state index is -0.441. The van der Waals surface area contributed by atoms with Crippen molar-refractivity contribution >= 4 is 24.0 Å². The molecule has 1 amide bonds. The van der Waals surface area contributed by atoms with Gasteiger partial charge in [0.1, 0.15) is 0 Å². The normalized spacial score (nSPS) is 12.2. The van der Waals surface area contributed by atoms with E-state index in [1.165, 1.54) is 17.2 Å². The molecule has 0 aliphatic carbocycles. The number of carbonyl (C=O) groups is 1. The smallest absolute Gasteiger partial charge is 0.273 e. The second-order valence-electron chi connectivity index (χ2n) is 5.84. The molecule has 7 heteroatoms. The van der Waals surface area contributed by atoms with Crippen molar-refractivity contribution in [3.8, 4) is 0 Å². The van der Waals surface area contributed by atoms with Gasteiger partial charge in [-0.05, 0) is 29.2 Å². The lowest BCUT2D eigenvalue weighted by Gasteiger charge is -2.08. The molecule has 0 bridgehead atoms. The average molecular weight is 362 g/mol. The first-order chi connectivity index (χ1) is 11.6. The van der Waals surface area contributed by atoms with Crippen molar-refractivity contribution < 1.29 is 9.72 Å². The Hall–Kier alpha value is -2.44. The van der Waals surface area contributed by atoms with Gasteiger partial charge >= 0.3 is 0 Å². The monoisotopic (exact) mass is 361 g/mol. The number of nitrogens with zero attached hydrogens (tertiary/aromatic N) is 1. The number of nitro groups is 1. The number of halogens is 1. The number of nitro benzene ring substituents is 1. The zero-order valence-electron chi connectivity index (χ0n) is 13.9. The number of carbonyl (C=O) groups excluding carboxylic acids is 1. The van der Waals surface area contributed by atoms with Crippen molar-refractivity contribution in [2.75, 3.05) is 0 Å². The summed E-state index contributed by atoms with van der Waals surface area (Å²) >= 11 is 0. The first kappa shape index (κ1) is 18.9. The lowest BCUT2D eigenvalue weighted by atomic mass is 10.1. The van der Waals surface area contributed by atoms with Crippen LogP contribution in [-0.4, -0.2) is 10.8 Å². The zero-order chi connectivity index (χ0) is 17.1. The van der Waals surface area contributed by atoms with Crippen molar-refractivity contribution in [2.45, 2.75) is 33.0 Å². The number of hydrogen-bond donors (Lipinski definition) is 2. The third-order valence-corrected chi connectivity index (χ3v) is 4.28. The molecule has 1 aliphatic heterocycles. The highest BCUT2D eigenvalue weighted by Crippen LogP contribution is 2.21. The van der Waals surface area contributed by atoms with E-state index in [4.69, 9.17) is 0 Å². The molecule has 0 spiro atoms. The number of benzene rings is 2. The Balaban J connectivity index is 0.00000225. The molecule has 0 fully saturated rings. The second kappa shape index (κ2) is 8.09. The van der Waals surface area contributed by atoms with E-state index in [0.29, 0.717) is 24.1 Å². The van der Waals surface area contributed by atoms with Crippen LogP contribution in [0.15, 0.2) is 36.4 Å². The van der Waals surface area contributed by atoms with Gasteiger partial charge in [0.15, 0.2) is 0 Å². The minimum Gasteiger partial charge on any atom is -0.348 e. The molecule has 3 rings (SSSR count). The third kappa shape index (κ3) is 4.15. The van der Waals surface area contributed by atoms with E-state index < -0.39 is 4.92 Å². The van der Waals surface area contributed by atoms with Crippen LogP contribution in [0.2, 0.25) is 0 Å². The van der Waals surface area contributed by atoms with Crippen molar-refractivity contribution in [3.05, 3.63) is 74.3 Å². The molecule has 25 heavy (non-hydrogen) atoms. The van der Waals surface area contributed by atoms with Gasteiger partial charge in [0.2, 0.25) is 0 Å². The highest BCUT2D eigenvalue weighted by atomic mass is 35.5. The Morgan fingerprint density at radius 2 is 1.96 bits per heavy atom. The molecule has 0 unspecified atom stereocenters.